The van der Waals surface area contributed by atoms with Crippen LogP contribution in [0.25, 0.3) is 33.3 Å². The molecule has 6 N–H and O–H groups in total. The van der Waals surface area contributed by atoms with Gasteiger partial charge in [-0.3, -0.25) is 14.4 Å². The molecule has 5 aliphatic heterocycles. The van der Waals surface area contributed by atoms with Crippen LogP contribution < -0.4 is 25.3 Å². The Hall–Kier alpha value is -5.97. The number of aromatic hydroxyl groups is 2. The van der Waals surface area contributed by atoms with Crippen LogP contribution in [0, 0.1) is 30.6 Å². The lowest BCUT2D eigenvalue weighted by molar-refractivity contribution is -0.113. The van der Waals surface area contributed by atoms with E-state index in [4.69, 9.17) is 18.9 Å². The van der Waals surface area contributed by atoms with Crippen molar-refractivity contribution in [2.75, 3.05) is 42.3 Å². The van der Waals surface area contributed by atoms with Crippen LogP contribution in [0.4, 0.5) is 17.1 Å². The second-order valence-electron chi connectivity index (χ2n) is 16.5. The molecular formula is C44H50N4O12. The minimum atomic E-state index is -2.10. The van der Waals surface area contributed by atoms with E-state index in [1.54, 1.807) is 32.9 Å². The number of hydrogen-bond donors (Lipinski definition) is 6. The summed E-state index contributed by atoms with van der Waals surface area (Å²) in [6.07, 6.45) is 4.12. The summed E-state index contributed by atoms with van der Waals surface area (Å²) in [6.45, 7) is 10.4. The number of nitrogens with zero attached hydrogens (tertiary/aromatic N) is 3. The van der Waals surface area contributed by atoms with Crippen LogP contribution in [-0.4, -0.2) is 99.8 Å². The predicted octanol–water partition coefficient (Wildman–Crippen LogP) is 4.52. The molecular weight excluding hydrogens is 776 g/mol. The topological polar surface area (TPSA) is 232 Å². The number of carbonyl (C=O) groups is 3. The molecule has 2 aromatic carbocycles. The first-order valence-corrected chi connectivity index (χ1v) is 19.8. The van der Waals surface area contributed by atoms with Crippen molar-refractivity contribution in [3.63, 3.8) is 0 Å². The Morgan fingerprint density at radius 1 is 0.967 bits per heavy atom. The summed E-state index contributed by atoms with van der Waals surface area (Å²) < 4.78 is 18.6. The van der Waals surface area contributed by atoms with Crippen LogP contribution in [0.1, 0.15) is 57.0 Å². The van der Waals surface area contributed by atoms with Crippen molar-refractivity contribution in [2.24, 2.45) is 23.7 Å². The Bertz CT molecular complexity index is 2560. The van der Waals surface area contributed by atoms with Gasteiger partial charge in [-0.2, -0.15) is 0 Å². The molecule has 0 spiro atoms. The molecule has 2 aromatic rings. The van der Waals surface area contributed by atoms with E-state index in [2.05, 4.69) is 5.32 Å². The molecule has 0 saturated carbocycles. The largest absolute Gasteiger partial charge is 0.507 e. The van der Waals surface area contributed by atoms with Gasteiger partial charge in [0.2, 0.25) is 5.43 Å². The lowest BCUT2D eigenvalue weighted by Gasteiger charge is -2.35. The third-order valence-corrected chi connectivity index (χ3v) is 12.3. The number of nitrogens with one attached hydrogen (secondary N) is 1. The molecule has 0 radical (unpaired) electrons. The zero-order chi connectivity index (χ0) is 43.7. The van der Waals surface area contributed by atoms with Gasteiger partial charge in [-0.15, -0.1) is 0 Å². The molecule has 1 amide bonds. The Labute approximate surface area is 345 Å². The zero-order valence-corrected chi connectivity index (χ0v) is 34.6. The summed E-state index contributed by atoms with van der Waals surface area (Å²) in [6, 6.07) is 1.53. The van der Waals surface area contributed by atoms with Gasteiger partial charge in [0.25, 0.3) is 11.7 Å². The summed E-state index contributed by atoms with van der Waals surface area (Å²) in [4.78, 5) is 64.1. The van der Waals surface area contributed by atoms with Gasteiger partial charge in [0.05, 0.1) is 41.2 Å². The lowest BCUT2D eigenvalue weighted by atomic mass is 9.80. The number of aldehydes is 1. The number of fused-ring (bicyclic) bond motifs is 16. The van der Waals surface area contributed by atoms with Crippen molar-refractivity contribution in [2.45, 2.75) is 72.1 Å². The van der Waals surface area contributed by atoms with Gasteiger partial charge in [-0.1, -0.05) is 39.0 Å². The molecule has 0 fully saturated rings. The van der Waals surface area contributed by atoms with Crippen molar-refractivity contribution >= 4 is 56.9 Å². The number of phenolic OH excluding ortho intramolecular Hbond substituents is 2. The third kappa shape index (κ3) is 6.81. The van der Waals surface area contributed by atoms with Crippen molar-refractivity contribution in [1.82, 2.24) is 4.98 Å². The predicted molar refractivity (Wildman–Crippen MR) is 224 cm³/mol. The fourth-order valence-electron chi connectivity index (χ4n) is 8.30. The molecule has 318 valence electrons. The number of hydrogen-bond acceptors (Lipinski definition) is 15. The lowest BCUT2D eigenvalue weighted by Crippen LogP contribution is -2.41. The molecule has 16 nitrogen and oxygen atoms in total. The SMILES string of the molecule is C/C1=C/C=C/[C@H](C)[C@H](O)[C@@H](C)[C@@H](O)[C@@H](C)[C@H](O)C[C@@H](C=O)/C=C/O[C@@]2(C)Oc3c(C)c(O)c4c(=O)c(c5oc6c7c(cc(O)c6nc-5c4c3C2=O)N(C)CCN7C)NC1=O. The van der Waals surface area contributed by atoms with Crippen LogP contribution in [0.2, 0.25) is 0 Å². The van der Waals surface area contributed by atoms with E-state index >= 15 is 0 Å². The summed E-state index contributed by atoms with van der Waals surface area (Å²) in [7, 11) is 3.68. The molecule has 5 heterocycles. The van der Waals surface area contributed by atoms with E-state index in [9.17, 15) is 44.7 Å². The first-order valence-electron chi connectivity index (χ1n) is 19.8. The smallest absolute Gasteiger partial charge is 0.312 e. The van der Waals surface area contributed by atoms with Crippen LogP contribution in [-0.2, 0) is 14.3 Å². The maximum atomic E-state index is 14.8. The number of anilines is 3. The van der Waals surface area contributed by atoms with E-state index in [0.29, 0.717) is 30.8 Å². The second-order valence-corrected chi connectivity index (χ2v) is 16.5. The van der Waals surface area contributed by atoms with Crippen molar-refractivity contribution in [1.29, 1.82) is 0 Å². The maximum Gasteiger partial charge on any atom is 0.312 e. The van der Waals surface area contributed by atoms with Crippen molar-refractivity contribution < 1.29 is 53.8 Å². The highest BCUT2D eigenvalue weighted by Crippen LogP contribution is 2.52. The quantitative estimate of drug-likeness (QED) is 0.0880. The highest BCUT2D eigenvalue weighted by molar-refractivity contribution is 6.22. The number of ketones is 1. The highest BCUT2D eigenvalue weighted by atomic mass is 16.7. The van der Waals surface area contributed by atoms with E-state index in [1.807, 2.05) is 23.9 Å². The number of benzene rings is 3. The van der Waals surface area contributed by atoms with Gasteiger partial charge >= 0.3 is 5.79 Å². The molecule has 0 saturated heterocycles. The molecule has 5 bridgehead atoms. The summed E-state index contributed by atoms with van der Waals surface area (Å²) in [5.74, 6) is -7.74. The number of carbonyl (C=O) groups excluding carboxylic acids is 3. The first-order chi connectivity index (χ1) is 28.3. The molecule has 16 heteroatoms. The normalized spacial score (nSPS) is 29.9. The zero-order valence-electron chi connectivity index (χ0n) is 34.6. The number of phenols is 2. The minimum absolute atomic E-state index is 0.00824. The number of amides is 1. The number of aromatic nitrogens is 1. The van der Waals surface area contributed by atoms with Gasteiger partial charge in [0, 0.05) is 80.4 Å². The molecule has 0 aromatic heterocycles. The number of rotatable bonds is 1. The number of likely N-dealkylation sites (N-methyl/N-ethyl adjacent to an activating group) is 2. The minimum Gasteiger partial charge on any atom is -0.507 e. The third-order valence-electron chi connectivity index (χ3n) is 12.3. The molecule has 60 heavy (non-hydrogen) atoms. The first kappa shape index (κ1) is 42.2. The van der Waals surface area contributed by atoms with E-state index in [1.165, 1.54) is 39.0 Å². The average molecular weight is 827 g/mol. The number of ether oxygens (including phenoxy) is 2. The summed E-state index contributed by atoms with van der Waals surface area (Å²) in [5.41, 5.74) is -0.247. The fraction of sp³-hybridized carbons (Fsp3) is 0.432. The van der Waals surface area contributed by atoms with Crippen LogP contribution >= 0.6 is 0 Å². The van der Waals surface area contributed by atoms with E-state index in [0.717, 1.165) is 6.26 Å². The summed E-state index contributed by atoms with van der Waals surface area (Å²) >= 11 is 0. The van der Waals surface area contributed by atoms with Gasteiger partial charge in [0.1, 0.15) is 40.6 Å². The van der Waals surface area contributed by atoms with Crippen molar-refractivity contribution in [3.05, 3.63) is 63.6 Å². The van der Waals surface area contributed by atoms with Gasteiger partial charge in [-0.25, -0.2) is 4.98 Å². The van der Waals surface area contributed by atoms with Crippen LogP contribution in [0.15, 0.2) is 51.4 Å². The Kier molecular flexibility index (Phi) is 10.9. The van der Waals surface area contributed by atoms with Crippen LogP contribution in [0.3, 0.4) is 0 Å². The average Bonchev–Trinajstić information content (AvgIpc) is 3.48. The van der Waals surface area contributed by atoms with E-state index in [-0.39, 0.29) is 67.9 Å². The molecule has 8 rings (SSSR count). The molecule has 0 unspecified atom stereocenters. The Balaban J connectivity index is 1.50. The van der Waals surface area contributed by atoms with Crippen LogP contribution in [0.5, 0.6) is 17.2 Å². The monoisotopic (exact) mass is 826 g/mol. The van der Waals surface area contributed by atoms with Gasteiger partial charge in [0.15, 0.2) is 16.9 Å². The molecule has 8 atom stereocenters. The highest BCUT2D eigenvalue weighted by Gasteiger charge is 2.50. The Morgan fingerprint density at radius 2 is 1.67 bits per heavy atom. The summed E-state index contributed by atoms with van der Waals surface area (Å²) in [5, 5.41) is 58.7. The second kappa shape index (κ2) is 15.6. The number of aliphatic hydroxyl groups excluding tert-OH is 3. The molecule has 1 aliphatic carbocycles. The Morgan fingerprint density at radius 3 is 2.37 bits per heavy atom. The number of Topliss-reactive ketones (excluding diaryl/α,β-unsaturated/α-hetero) is 1. The maximum absolute atomic E-state index is 14.8. The van der Waals surface area contributed by atoms with Gasteiger partial charge < -0.3 is 59.3 Å². The van der Waals surface area contributed by atoms with E-state index < -0.39 is 76.3 Å². The number of aliphatic hydroxyl groups is 3. The fourth-order valence-corrected chi connectivity index (χ4v) is 8.30. The van der Waals surface area contributed by atoms with Crippen molar-refractivity contribution in [3.8, 4) is 28.7 Å². The molecule has 6 aliphatic rings. The standard InChI is InChI=1S/C44H50N4O12/c1-19-10-9-11-20(2)43(57)46-33-38(55)29-28(32-40(33)59-41-31(45-32)27(51)17-25-34(41)48(8)14-13-47(25)7)30-39(23(5)37(29)54)60-44(6,42(30)56)58-15-12-24(18-49)16-26(50)21(3)36(53)22(4)35(19)52/h9-12,15,17-19,21-22,24,26,35-36,50-54H,13-14,16H2,1-8H3,(H,46,57)/b10-9+,15-12+,20-11-/t19-,21-,22+,24-,26+,35-,36-,44-/m0/s1. The number of allylic oxidation sites excluding steroid dienone is 3. The van der Waals surface area contributed by atoms with Gasteiger partial charge in [-0.05, 0) is 26.3 Å².